The molecule has 9 heteroatoms. The van der Waals surface area contributed by atoms with Gasteiger partial charge >= 0.3 is 6.09 Å². The third-order valence-corrected chi connectivity index (χ3v) is 5.54. The van der Waals surface area contributed by atoms with E-state index in [2.05, 4.69) is 10.3 Å². The molecule has 0 saturated heterocycles. The van der Waals surface area contributed by atoms with Crippen LogP contribution in [-0.2, 0) is 16.0 Å². The number of amides is 2. The SMILES string of the molecule is CN(C(=O)CCc1cccc(F)c1F)[C@@H](CCCO)COC(=O)Nc1cc2ccccc2cn1. The van der Waals surface area contributed by atoms with Gasteiger partial charge in [0.1, 0.15) is 12.4 Å². The van der Waals surface area contributed by atoms with Crippen LogP contribution in [0.2, 0.25) is 0 Å². The van der Waals surface area contributed by atoms with Gasteiger partial charge in [-0.25, -0.2) is 18.6 Å². The molecule has 0 aliphatic rings. The maximum absolute atomic E-state index is 13.9. The molecule has 1 aromatic heterocycles. The minimum absolute atomic E-state index is 0.0362. The van der Waals surface area contributed by atoms with Crippen molar-refractivity contribution in [2.45, 2.75) is 31.7 Å². The molecular weight excluding hydrogens is 444 g/mol. The number of benzene rings is 2. The van der Waals surface area contributed by atoms with E-state index in [0.29, 0.717) is 18.7 Å². The molecular formula is C25H27F2N3O4. The van der Waals surface area contributed by atoms with E-state index in [0.717, 1.165) is 16.8 Å². The topological polar surface area (TPSA) is 91.8 Å². The van der Waals surface area contributed by atoms with E-state index < -0.39 is 23.8 Å². The molecule has 0 bridgehead atoms. The van der Waals surface area contributed by atoms with E-state index in [4.69, 9.17) is 4.74 Å². The van der Waals surface area contributed by atoms with E-state index in [1.54, 1.807) is 19.3 Å². The molecule has 0 aliphatic carbocycles. The molecule has 3 aromatic rings. The Balaban J connectivity index is 1.56. The Morgan fingerprint density at radius 1 is 1.15 bits per heavy atom. The lowest BCUT2D eigenvalue weighted by Gasteiger charge is -2.28. The largest absolute Gasteiger partial charge is 0.447 e. The number of aliphatic hydroxyl groups excluding tert-OH is 1. The predicted octanol–water partition coefficient (Wildman–Crippen LogP) is 4.29. The van der Waals surface area contributed by atoms with Gasteiger partial charge in [0, 0.05) is 31.7 Å². The summed E-state index contributed by atoms with van der Waals surface area (Å²) in [5.74, 6) is -1.90. The van der Waals surface area contributed by atoms with Crippen molar-refractivity contribution in [3.8, 4) is 0 Å². The molecule has 2 aromatic carbocycles. The first-order valence-electron chi connectivity index (χ1n) is 11.0. The highest BCUT2D eigenvalue weighted by atomic mass is 19.2. The Hall–Kier alpha value is -3.59. The van der Waals surface area contributed by atoms with E-state index in [1.165, 1.54) is 17.0 Å². The molecule has 0 spiro atoms. The number of nitrogens with one attached hydrogen (secondary N) is 1. The highest BCUT2D eigenvalue weighted by Crippen LogP contribution is 2.17. The Kier molecular flexibility index (Phi) is 8.86. The fourth-order valence-corrected chi connectivity index (χ4v) is 3.54. The van der Waals surface area contributed by atoms with Crippen LogP contribution in [0.5, 0.6) is 0 Å². The number of anilines is 1. The Labute approximate surface area is 196 Å². The third kappa shape index (κ3) is 6.71. The van der Waals surface area contributed by atoms with Crippen LogP contribution in [0.4, 0.5) is 19.4 Å². The first-order valence-corrected chi connectivity index (χ1v) is 11.0. The van der Waals surface area contributed by atoms with Crippen LogP contribution in [0, 0.1) is 11.6 Å². The molecule has 0 radical (unpaired) electrons. The number of halogens is 2. The predicted molar refractivity (Wildman–Crippen MR) is 124 cm³/mol. The zero-order valence-electron chi connectivity index (χ0n) is 18.8. The molecule has 0 aliphatic heterocycles. The maximum atomic E-state index is 13.9. The molecule has 34 heavy (non-hydrogen) atoms. The van der Waals surface area contributed by atoms with Crippen molar-refractivity contribution in [3.63, 3.8) is 0 Å². The second-order valence-corrected chi connectivity index (χ2v) is 7.88. The number of ether oxygens (including phenoxy) is 1. The van der Waals surface area contributed by atoms with E-state index in [1.807, 2.05) is 24.3 Å². The number of carbonyl (C=O) groups excluding carboxylic acids is 2. The van der Waals surface area contributed by atoms with Gasteiger partial charge < -0.3 is 14.7 Å². The van der Waals surface area contributed by atoms with Gasteiger partial charge in [0.2, 0.25) is 5.91 Å². The van der Waals surface area contributed by atoms with Gasteiger partial charge in [-0.15, -0.1) is 0 Å². The summed E-state index contributed by atoms with van der Waals surface area (Å²) in [6, 6.07) is 12.7. The van der Waals surface area contributed by atoms with Crippen LogP contribution in [-0.4, -0.2) is 53.3 Å². The summed E-state index contributed by atoms with van der Waals surface area (Å²) < 4.78 is 32.6. The van der Waals surface area contributed by atoms with Crippen molar-refractivity contribution in [1.29, 1.82) is 0 Å². The van der Waals surface area contributed by atoms with Crippen LogP contribution in [0.15, 0.2) is 54.7 Å². The molecule has 0 fully saturated rings. The second kappa shape index (κ2) is 12.0. The lowest BCUT2D eigenvalue weighted by Crippen LogP contribution is -2.41. The smallest absolute Gasteiger partial charge is 0.412 e. The van der Waals surface area contributed by atoms with Crippen molar-refractivity contribution >= 4 is 28.6 Å². The average molecular weight is 472 g/mol. The van der Waals surface area contributed by atoms with Gasteiger partial charge in [-0.1, -0.05) is 36.4 Å². The summed E-state index contributed by atoms with van der Waals surface area (Å²) in [5, 5.41) is 13.6. The minimum Gasteiger partial charge on any atom is -0.447 e. The van der Waals surface area contributed by atoms with Gasteiger partial charge in [-0.05, 0) is 42.3 Å². The number of hydrogen-bond acceptors (Lipinski definition) is 5. The van der Waals surface area contributed by atoms with E-state index in [9.17, 15) is 23.5 Å². The van der Waals surface area contributed by atoms with E-state index >= 15 is 0 Å². The van der Waals surface area contributed by atoms with Crippen LogP contribution >= 0.6 is 0 Å². The van der Waals surface area contributed by atoms with Crippen molar-refractivity contribution < 1.29 is 28.2 Å². The highest BCUT2D eigenvalue weighted by molar-refractivity contribution is 5.89. The number of nitrogens with zero attached hydrogens (tertiary/aromatic N) is 2. The zero-order valence-corrected chi connectivity index (χ0v) is 18.8. The van der Waals surface area contributed by atoms with Gasteiger partial charge in [-0.2, -0.15) is 0 Å². The summed E-state index contributed by atoms with van der Waals surface area (Å²) in [6.07, 6.45) is 1.71. The molecule has 0 unspecified atom stereocenters. The summed E-state index contributed by atoms with van der Waals surface area (Å²) in [6.45, 7) is -0.184. The molecule has 2 N–H and O–H groups in total. The zero-order chi connectivity index (χ0) is 24.5. The number of rotatable bonds is 10. The van der Waals surface area contributed by atoms with Gasteiger partial charge in [0.05, 0.1) is 6.04 Å². The molecule has 1 atom stereocenters. The molecule has 7 nitrogen and oxygen atoms in total. The number of aryl methyl sites for hydroxylation is 1. The van der Waals surface area contributed by atoms with Gasteiger partial charge in [0.15, 0.2) is 11.6 Å². The third-order valence-electron chi connectivity index (χ3n) is 5.54. The van der Waals surface area contributed by atoms with Crippen molar-refractivity contribution in [2.24, 2.45) is 0 Å². The van der Waals surface area contributed by atoms with Crippen LogP contribution < -0.4 is 5.32 Å². The summed E-state index contributed by atoms with van der Waals surface area (Å²) in [4.78, 5) is 30.6. The first-order chi connectivity index (χ1) is 16.4. The number of aromatic nitrogens is 1. The quantitative estimate of drug-likeness (QED) is 0.460. The average Bonchev–Trinajstić information content (AvgIpc) is 2.84. The Morgan fingerprint density at radius 3 is 2.68 bits per heavy atom. The monoisotopic (exact) mass is 471 g/mol. The minimum atomic E-state index is -0.961. The summed E-state index contributed by atoms with van der Waals surface area (Å²) >= 11 is 0. The molecule has 0 saturated carbocycles. The molecule has 180 valence electrons. The van der Waals surface area contributed by atoms with Crippen LogP contribution in [0.1, 0.15) is 24.8 Å². The molecule has 1 heterocycles. The highest BCUT2D eigenvalue weighted by Gasteiger charge is 2.22. The number of aliphatic hydroxyl groups is 1. The normalized spacial score (nSPS) is 11.8. The summed E-state index contributed by atoms with van der Waals surface area (Å²) in [5.41, 5.74) is 0.118. The number of likely N-dealkylation sites (N-methyl/N-ethyl adjacent to an activating group) is 1. The van der Waals surface area contributed by atoms with Crippen LogP contribution in [0.25, 0.3) is 10.8 Å². The standard InChI is InChI=1S/C25H27F2N3O4/c1-30(23(32)12-11-17-8-4-10-21(26)24(17)27)20(9-5-13-31)16-34-25(33)29-22-14-18-6-2-3-7-19(18)15-28-22/h2-4,6-8,10,14-15,20,31H,5,9,11-13,16H2,1H3,(H,28,29,33)/t20-/m0/s1. The second-order valence-electron chi connectivity index (χ2n) is 7.88. The first kappa shape index (κ1) is 25.0. The van der Waals surface area contributed by atoms with Gasteiger partial charge in [-0.3, -0.25) is 10.1 Å². The van der Waals surface area contributed by atoms with Gasteiger partial charge in [0.25, 0.3) is 0 Å². The lowest BCUT2D eigenvalue weighted by atomic mass is 10.1. The fourth-order valence-electron chi connectivity index (χ4n) is 3.54. The van der Waals surface area contributed by atoms with Crippen molar-refractivity contribution in [2.75, 3.05) is 25.6 Å². The maximum Gasteiger partial charge on any atom is 0.412 e. The van der Waals surface area contributed by atoms with Crippen molar-refractivity contribution in [1.82, 2.24) is 9.88 Å². The van der Waals surface area contributed by atoms with Crippen molar-refractivity contribution in [3.05, 3.63) is 71.9 Å². The Morgan fingerprint density at radius 2 is 1.91 bits per heavy atom. The fraction of sp³-hybridized carbons (Fsp3) is 0.320. The van der Waals surface area contributed by atoms with Crippen LogP contribution in [0.3, 0.4) is 0 Å². The number of fused-ring (bicyclic) bond motifs is 1. The number of hydrogen-bond donors (Lipinski definition) is 2. The number of carbonyl (C=O) groups is 2. The summed E-state index contributed by atoms with van der Waals surface area (Å²) in [7, 11) is 1.55. The Bertz CT molecular complexity index is 1140. The molecule has 3 rings (SSSR count). The van der Waals surface area contributed by atoms with E-state index in [-0.39, 0.29) is 37.5 Å². The number of pyridine rings is 1. The molecule has 2 amide bonds. The lowest BCUT2D eigenvalue weighted by molar-refractivity contribution is -0.133.